The zero-order chi connectivity index (χ0) is 18.6. The molecule has 0 spiro atoms. The van der Waals surface area contributed by atoms with Crippen LogP contribution < -0.4 is 10.2 Å². The fourth-order valence-corrected chi connectivity index (χ4v) is 3.65. The van der Waals surface area contributed by atoms with Crippen LogP contribution in [-0.4, -0.2) is 45.1 Å². The van der Waals surface area contributed by atoms with Gasteiger partial charge in [0.1, 0.15) is 17.8 Å². The van der Waals surface area contributed by atoms with E-state index >= 15 is 0 Å². The van der Waals surface area contributed by atoms with Gasteiger partial charge in [-0.3, -0.25) is 4.79 Å². The van der Waals surface area contributed by atoms with E-state index in [4.69, 9.17) is 0 Å². The van der Waals surface area contributed by atoms with E-state index in [0.29, 0.717) is 6.54 Å². The summed E-state index contributed by atoms with van der Waals surface area (Å²) in [5.74, 6) is 0.761. The molecule has 2 atom stereocenters. The van der Waals surface area contributed by atoms with Gasteiger partial charge in [-0.15, -0.1) is 0 Å². The second-order valence-corrected chi connectivity index (χ2v) is 6.92. The topological polar surface area (TPSA) is 94.1 Å². The molecule has 0 aliphatic carbocycles. The molecule has 1 aliphatic rings. The quantitative estimate of drug-likeness (QED) is 0.644. The largest absolute Gasteiger partial charge is 0.388 e. The number of aromatic amines is 1. The summed E-state index contributed by atoms with van der Waals surface area (Å²) < 4.78 is 0. The number of nitrogens with zero attached hydrogens (tertiary/aromatic N) is 3. The van der Waals surface area contributed by atoms with Crippen molar-refractivity contribution in [3.63, 3.8) is 0 Å². The highest BCUT2D eigenvalue weighted by Gasteiger charge is 2.24. The van der Waals surface area contributed by atoms with Crippen molar-refractivity contribution in [1.82, 2.24) is 20.3 Å². The summed E-state index contributed by atoms with van der Waals surface area (Å²) in [7, 11) is 0. The number of anilines is 1. The normalized spacial score (nSPS) is 18.4. The van der Waals surface area contributed by atoms with Gasteiger partial charge in [0.25, 0.3) is 0 Å². The molecule has 1 saturated heterocycles. The Bertz CT molecular complexity index is 911. The van der Waals surface area contributed by atoms with Gasteiger partial charge < -0.3 is 20.3 Å². The van der Waals surface area contributed by atoms with E-state index in [2.05, 4.69) is 25.2 Å². The molecule has 140 valence electrons. The lowest BCUT2D eigenvalue weighted by molar-refractivity contribution is -0.123. The summed E-state index contributed by atoms with van der Waals surface area (Å²) in [5, 5.41) is 14.3. The number of nitrogens with one attached hydrogen (secondary N) is 2. The van der Waals surface area contributed by atoms with Gasteiger partial charge in [-0.25, -0.2) is 9.97 Å². The van der Waals surface area contributed by atoms with E-state index < -0.39 is 6.10 Å². The first-order valence-corrected chi connectivity index (χ1v) is 9.26. The van der Waals surface area contributed by atoms with E-state index in [1.54, 1.807) is 6.33 Å². The molecule has 2 unspecified atom stereocenters. The van der Waals surface area contributed by atoms with Crippen LogP contribution in [-0.2, 0) is 4.79 Å². The van der Waals surface area contributed by atoms with Gasteiger partial charge in [-0.1, -0.05) is 30.3 Å². The summed E-state index contributed by atoms with van der Waals surface area (Å²) in [4.78, 5) is 26.4. The smallest absolute Gasteiger partial charge is 0.223 e. The molecule has 0 radical (unpaired) electrons. The van der Waals surface area contributed by atoms with Crippen LogP contribution in [0.5, 0.6) is 0 Å². The maximum Gasteiger partial charge on any atom is 0.223 e. The number of piperidine rings is 1. The number of hydrogen-bond acceptors (Lipinski definition) is 5. The van der Waals surface area contributed by atoms with Gasteiger partial charge in [0.2, 0.25) is 5.91 Å². The average molecular weight is 365 g/mol. The highest BCUT2D eigenvalue weighted by Crippen LogP contribution is 2.25. The second-order valence-electron chi connectivity index (χ2n) is 6.92. The molecule has 4 rings (SSSR count). The Hall–Kier alpha value is -2.93. The lowest BCUT2D eigenvalue weighted by Gasteiger charge is -2.34. The predicted molar refractivity (Wildman–Crippen MR) is 103 cm³/mol. The second kappa shape index (κ2) is 7.75. The van der Waals surface area contributed by atoms with Crippen LogP contribution in [0, 0.1) is 0 Å². The minimum Gasteiger partial charge on any atom is -0.388 e. The minimum absolute atomic E-state index is 0.0400. The monoisotopic (exact) mass is 365 g/mol. The molecule has 7 heteroatoms. The minimum atomic E-state index is -0.785. The molecular formula is C20H23N5O2. The predicted octanol–water partition coefficient (Wildman–Crippen LogP) is 2.17. The SMILES string of the molecule is O=C(CC(O)c1ccccc1)NC1CCCN(c2ncnc3[nH]ccc23)C1. The molecule has 7 nitrogen and oxygen atoms in total. The summed E-state index contributed by atoms with van der Waals surface area (Å²) >= 11 is 0. The van der Waals surface area contributed by atoms with Gasteiger partial charge in [-0.2, -0.15) is 0 Å². The Morgan fingerprint density at radius 1 is 1.30 bits per heavy atom. The lowest BCUT2D eigenvalue weighted by atomic mass is 10.0. The Morgan fingerprint density at radius 2 is 2.15 bits per heavy atom. The molecule has 0 bridgehead atoms. The number of amides is 1. The van der Waals surface area contributed by atoms with E-state index in [1.165, 1.54) is 0 Å². The van der Waals surface area contributed by atoms with Gasteiger partial charge in [0.15, 0.2) is 0 Å². The fraction of sp³-hybridized carbons (Fsp3) is 0.350. The van der Waals surface area contributed by atoms with Crippen LogP contribution in [0.15, 0.2) is 48.9 Å². The molecule has 3 N–H and O–H groups in total. The Balaban J connectivity index is 1.38. The Kier molecular flexibility index (Phi) is 5.02. The van der Waals surface area contributed by atoms with Gasteiger partial charge in [-0.05, 0) is 24.5 Å². The van der Waals surface area contributed by atoms with E-state index in [9.17, 15) is 9.90 Å². The molecule has 1 amide bonds. The number of carbonyl (C=O) groups excluding carboxylic acids is 1. The van der Waals surface area contributed by atoms with Crippen molar-refractivity contribution in [2.45, 2.75) is 31.4 Å². The van der Waals surface area contributed by atoms with Gasteiger partial charge in [0, 0.05) is 25.3 Å². The number of rotatable bonds is 5. The Labute approximate surface area is 157 Å². The highest BCUT2D eigenvalue weighted by atomic mass is 16.3. The van der Waals surface area contributed by atoms with Crippen molar-refractivity contribution >= 4 is 22.8 Å². The van der Waals surface area contributed by atoms with Crippen molar-refractivity contribution < 1.29 is 9.90 Å². The van der Waals surface area contributed by atoms with Crippen LogP contribution in [0.2, 0.25) is 0 Å². The zero-order valence-electron chi connectivity index (χ0n) is 15.0. The molecular weight excluding hydrogens is 342 g/mol. The molecule has 1 fully saturated rings. The number of aliphatic hydroxyl groups excluding tert-OH is 1. The highest BCUT2D eigenvalue weighted by molar-refractivity contribution is 5.87. The van der Waals surface area contributed by atoms with Gasteiger partial charge in [0.05, 0.1) is 17.9 Å². The number of benzene rings is 1. The first-order valence-electron chi connectivity index (χ1n) is 9.26. The third-order valence-electron chi connectivity index (χ3n) is 4.98. The number of hydrogen-bond donors (Lipinski definition) is 3. The molecule has 2 aromatic heterocycles. The van der Waals surface area contributed by atoms with Gasteiger partial charge >= 0.3 is 0 Å². The summed E-state index contributed by atoms with van der Waals surface area (Å²) in [6.45, 7) is 1.60. The fourth-order valence-electron chi connectivity index (χ4n) is 3.65. The van der Waals surface area contributed by atoms with Crippen LogP contribution in [0.25, 0.3) is 11.0 Å². The van der Waals surface area contributed by atoms with Crippen LogP contribution in [0.4, 0.5) is 5.82 Å². The number of H-pyrrole nitrogens is 1. The zero-order valence-corrected chi connectivity index (χ0v) is 15.0. The Morgan fingerprint density at radius 3 is 3.00 bits per heavy atom. The van der Waals surface area contributed by atoms with Crippen LogP contribution in [0.3, 0.4) is 0 Å². The molecule has 0 saturated carbocycles. The van der Waals surface area contributed by atoms with E-state index in [1.807, 2.05) is 42.6 Å². The first-order chi connectivity index (χ1) is 13.2. The number of aliphatic hydroxyl groups is 1. The third-order valence-corrected chi connectivity index (χ3v) is 4.98. The van der Waals surface area contributed by atoms with Crippen molar-refractivity contribution in [1.29, 1.82) is 0 Å². The molecule has 1 aromatic carbocycles. The summed E-state index contributed by atoms with van der Waals surface area (Å²) in [6.07, 6.45) is 4.60. The van der Waals surface area contributed by atoms with E-state index in [-0.39, 0.29) is 18.4 Å². The molecule has 1 aliphatic heterocycles. The maximum atomic E-state index is 12.4. The van der Waals surface area contributed by atoms with Crippen molar-refractivity contribution in [3.8, 4) is 0 Å². The average Bonchev–Trinajstić information content (AvgIpc) is 3.17. The number of carbonyl (C=O) groups is 1. The van der Waals surface area contributed by atoms with Crippen LogP contribution in [0.1, 0.15) is 30.9 Å². The van der Waals surface area contributed by atoms with Crippen molar-refractivity contribution in [2.24, 2.45) is 0 Å². The third kappa shape index (κ3) is 3.93. The van der Waals surface area contributed by atoms with Crippen molar-refractivity contribution in [3.05, 3.63) is 54.5 Å². The summed E-state index contributed by atoms with van der Waals surface area (Å²) in [5.41, 5.74) is 1.57. The lowest BCUT2D eigenvalue weighted by Crippen LogP contribution is -2.48. The van der Waals surface area contributed by atoms with Crippen molar-refractivity contribution in [2.75, 3.05) is 18.0 Å². The maximum absolute atomic E-state index is 12.4. The van der Waals surface area contributed by atoms with E-state index in [0.717, 1.165) is 41.8 Å². The molecule has 3 aromatic rings. The number of fused-ring (bicyclic) bond motifs is 1. The molecule has 3 heterocycles. The summed E-state index contributed by atoms with van der Waals surface area (Å²) in [6, 6.07) is 11.3. The molecule has 27 heavy (non-hydrogen) atoms. The first kappa shape index (κ1) is 17.5. The van der Waals surface area contributed by atoms with Crippen LogP contribution >= 0.6 is 0 Å². The number of aromatic nitrogens is 3. The standard InChI is InChI=1S/C20H23N5O2/c26-17(14-5-2-1-3-6-14)11-18(27)24-15-7-4-10-25(12-15)20-16-8-9-21-19(16)22-13-23-20/h1-3,5-6,8-9,13,15,17,26H,4,7,10-12H2,(H,24,27)(H,21,22,23).